The molecule has 1 aromatic heterocycles. The highest BCUT2D eigenvalue weighted by atomic mass is 19.1. The van der Waals surface area contributed by atoms with Crippen molar-refractivity contribution in [3.63, 3.8) is 0 Å². The van der Waals surface area contributed by atoms with Crippen LogP contribution in [0.25, 0.3) is 0 Å². The van der Waals surface area contributed by atoms with Crippen LogP contribution in [0.2, 0.25) is 0 Å². The van der Waals surface area contributed by atoms with Crippen LogP contribution in [0.15, 0.2) is 47.1 Å². The number of hydrogen-bond donors (Lipinski definition) is 1. The minimum atomic E-state index is -0.312. The van der Waals surface area contributed by atoms with Gasteiger partial charge in [0.1, 0.15) is 5.82 Å². The maximum Gasteiger partial charge on any atom is 0.287 e. The number of rotatable bonds is 2. The van der Waals surface area contributed by atoms with Crippen LogP contribution in [0.3, 0.4) is 0 Å². The SMILES string of the molecule is O=C(NCC#Cc1ccc(F)cc1)c1ccco1. The van der Waals surface area contributed by atoms with E-state index in [1.807, 2.05) is 0 Å². The molecule has 3 nitrogen and oxygen atoms in total. The standard InChI is InChI=1S/C14H10FNO2/c15-12-7-5-11(6-8-12)3-1-9-16-14(17)13-4-2-10-18-13/h2,4-8,10H,9H2,(H,16,17). The highest BCUT2D eigenvalue weighted by Gasteiger charge is 2.05. The molecule has 1 heterocycles. The molecular weight excluding hydrogens is 233 g/mol. The first-order chi connectivity index (χ1) is 8.75. The molecule has 0 aliphatic rings. The Morgan fingerprint density at radius 2 is 2.06 bits per heavy atom. The summed E-state index contributed by atoms with van der Waals surface area (Å²) in [6.45, 7) is 0.205. The third-order valence-corrected chi connectivity index (χ3v) is 2.16. The second kappa shape index (κ2) is 5.69. The number of furan rings is 1. The predicted octanol–water partition coefficient (Wildman–Crippen LogP) is 2.20. The van der Waals surface area contributed by atoms with Gasteiger partial charge in [-0.2, -0.15) is 0 Å². The molecule has 1 N–H and O–H groups in total. The number of hydrogen-bond acceptors (Lipinski definition) is 2. The Hall–Kier alpha value is -2.54. The van der Waals surface area contributed by atoms with Crippen LogP contribution < -0.4 is 5.32 Å². The molecule has 0 unspecified atom stereocenters. The van der Waals surface area contributed by atoms with Crippen LogP contribution in [0.5, 0.6) is 0 Å². The number of nitrogens with one attached hydrogen (secondary N) is 1. The number of carbonyl (C=O) groups excluding carboxylic acids is 1. The maximum atomic E-state index is 12.6. The molecule has 18 heavy (non-hydrogen) atoms. The van der Waals surface area contributed by atoms with Crippen LogP contribution in [0.4, 0.5) is 4.39 Å². The van der Waals surface area contributed by atoms with Crippen molar-refractivity contribution in [1.82, 2.24) is 5.32 Å². The molecule has 1 aromatic carbocycles. The third-order valence-electron chi connectivity index (χ3n) is 2.16. The lowest BCUT2D eigenvalue weighted by Crippen LogP contribution is -2.22. The predicted molar refractivity (Wildman–Crippen MR) is 64.3 cm³/mol. The van der Waals surface area contributed by atoms with Crippen molar-refractivity contribution in [2.24, 2.45) is 0 Å². The molecule has 2 rings (SSSR count). The molecule has 0 saturated carbocycles. The van der Waals surface area contributed by atoms with E-state index in [-0.39, 0.29) is 24.0 Å². The van der Waals surface area contributed by atoms with E-state index in [2.05, 4.69) is 17.2 Å². The fourth-order valence-electron chi connectivity index (χ4n) is 1.30. The lowest BCUT2D eigenvalue weighted by molar-refractivity contribution is 0.0931. The van der Waals surface area contributed by atoms with E-state index in [0.717, 1.165) is 0 Å². The Bertz CT molecular complexity index is 577. The van der Waals surface area contributed by atoms with E-state index in [9.17, 15) is 9.18 Å². The first-order valence-electron chi connectivity index (χ1n) is 5.32. The summed E-state index contributed by atoms with van der Waals surface area (Å²) in [6, 6.07) is 9.05. The summed E-state index contributed by atoms with van der Waals surface area (Å²) in [4.78, 5) is 11.4. The van der Waals surface area contributed by atoms with Crippen LogP contribution in [-0.2, 0) is 0 Å². The van der Waals surface area contributed by atoms with Gasteiger partial charge < -0.3 is 9.73 Å². The van der Waals surface area contributed by atoms with Gasteiger partial charge in [-0.1, -0.05) is 11.8 Å². The lowest BCUT2D eigenvalue weighted by atomic mass is 10.2. The maximum absolute atomic E-state index is 12.6. The lowest BCUT2D eigenvalue weighted by Gasteiger charge is -1.96. The number of halogens is 1. The smallest absolute Gasteiger partial charge is 0.287 e. The molecule has 4 heteroatoms. The fourth-order valence-corrected chi connectivity index (χ4v) is 1.30. The monoisotopic (exact) mass is 243 g/mol. The van der Waals surface area contributed by atoms with Gasteiger partial charge in [-0.05, 0) is 36.4 Å². The highest BCUT2D eigenvalue weighted by molar-refractivity contribution is 5.91. The first-order valence-corrected chi connectivity index (χ1v) is 5.32. The van der Waals surface area contributed by atoms with Crippen molar-refractivity contribution in [2.45, 2.75) is 0 Å². The van der Waals surface area contributed by atoms with Crippen molar-refractivity contribution in [3.05, 3.63) is 59.8 Å². The average molecular weight is 243 g/mol. The molecule has 0 radical (unpaired) electrons. The van der Waals surface area contributed by atoms with Crippen LogP contribution in [0, 0.1) is 17.7 Å². The number of amides is 1. The Labute approximate surface area is 104 Å². The summed E-state index contributed by atoms with van der Waals surface area (Å²) < 4.78 is 17.5. The Balaban J connectivity index is 1.86. The quantitative estimate of drug-likeness (QED) is 0.821. The average Bonchev–Trinajstić information content (AvgIpc) is 2.90. The molecule has 0 fully saturated rings. The van der Waals surface area contributed by atoms with Gasteiger partial charge in [0.2, 0.25) is 0 Å². The highest BCUT2D eigenvalue weighted by Crippen LogP contribution is 2.00. The number of benzene rings is 1. The van der Waals surface area contributed by atoms with E-state index in [1.165, 1.54) is 18.4 Å². The van der Waals surface area contributed by atoms with Crippen LogP contribution >= 0.6 is 0 Å². The third kappa shape index (κ3) is 3.22. The minimum absolute atomic E-state index is 0.205. The van der Waals surface area contributed by atoms with E-state index in [1.54, 1.807) is 24.3 Å². The molecular formula is C14H10FNO2. The molecule has 0 bridgehead atoms. The molecule has 1 amide bonds. The van der Waals surface area contributed by atoms with Gasteiger partial charge in [0.25, 0.3) is 5.91 Å². The van der Waals surface area contributed by atoms with Crippen molar-refractivity contribution in [1.29, 1.82) is 0 Å². The molecule has 0 aliphatic heterocycles. The fraction of sp³-hybridized carbons (Fsp3) is 0.0714. The summed E-state index contributed by atoms with van der Waals surface area (Å²) in [5.74, 6) is 5.22. The van der Waals surface area contributed by atoms with Gasteiger partial charge in [-0.15, -0.1) is 0 Å². The van der Waals surface area contributed by atoms with Crippen molar-refractivity contribution in [2.75, 3.05) is 6.54 Å². The molecule has 2 aromatic rings. The van der Waals surface area contributed by atoms with E-state index in [0.29, 0.717) is 5.56 Å². The van der Waals surface area contributed by atoms with Gasteiger partial charge in [-0.25, -0.2) is 4.39 Å². The second-order valence-corrected chi connectivity index (χ2v) is 3.47. The summed E-state index contributed by atoms with van der Waals surface area (Å²) in [7, 11) is 0. The summed E-state index contributed by atoms with van der Waals surface area (Å²) in [5.41, 5.74) is 0.698. The van der Waals surface area contributed by atoms with Gasteiger partial charge in [0.05, 0.1) is 12.8 Å². The van der Waals surface area contributed by atoms with Crippen molar-refractivity contribution >= 4 is 5.91 Å². The van der Waals surface area contributed by atoms with Gasteiger partial charge in [0.15, 0.2) is 5.76 Å². The Morgan fingerprint density at radius 1 is 1.28 bits per heavy atom. The zero-order valence-corrected chi connectivity index (χ0v) is 9.44. The molecule has 0 atom stereocenters. The minimum Gasteiger partial charge on any atom is -0.459 e. The van der Waals surface area contributed by atoms with Gasteiger partial charge in [-0.3, -0.25) is 4.79 Å². The summed E-state index contributed by atoms with van der Waals surface area (Å²) >= 11 is 0. The zero-order chi connectivity index (χ0) is 12.8. The zero-order valence-electron chi connectivity index (χ0n) is 9.44. The summed E-state index contributed by atoms with van der Waals surface area (Å²) in [5, 5.41) is 2.59. The molecule has 0 saturated heterocycles. The second-order valence-electron chi connectivity index (χ2n) is 3.47. The molecule has 0 spiro atoms. The van der Waals surface area contributed by atoms with E-state index >= 15 is 0 Å². The normalized spacial score (nSPS) is 9.39. The Kier molecular flexibility index (Phi) is 3.77. The first kappa shape index (κ1) is 11.9. The Morgan fingerprint density at radius 3 is 2.72 bits per heavy atom. The number of carbonyl (C=O) groups is 1. The van der Waals surface area contributed by atoms with Crippen LogP contribution in [-0.4, -0.2) is 12.5 Å². The van der Waals surface area contributed by atoms with Crippen LogP contribution in [0.1, 0.15) is 16.1 Å². The molecule has 0 aliphatic carbocycles. The largest absolute Gasteiger partial charge is 0.459 e. The van der Waals surface area contributed by atoms with Crippen molar-refractivity contribution in [3.8, 4) is 11.8 Å². The van der Waals surface area contributed by atoms with Crippen molar-refractivity contribution < 1.29 is 13.6 Å². The topological polar surface area (TPSA) is 42.2 Å². The van der Waals surface area contributed by atoms with E-state index < -0.39 is 0 Å². The van der Waals surface area contributed by atoms with Gasteiger partial charge >= 0.3 is 0 Å². The van der Waals surface area contributed by atoms with Gasteiger partial charge in [0, 0.05) is 5.56 Å². The summed E-state index contributed by atoms with van der Waals surface area (Å²) in [6.07, 6.45) is 1.43. The molecule has 90 valence electrons. The van der Waals surface area contributed by atoms with E-state index in [4.69, 9.17) is 4.42 Å².